The largest absolute Gasteiger partial charge is 0.481 e. The van der Waals surface area contributed by atoms with Crippen LogP contribution in [0.2, 0.25) is 0 Å². The van der Waals surface area contributed by atoms with Crippen molar-refractivity contribution in [2.75, 3.05) is 19.8 Å². The monoisotopic (exact) mass is 315 g/mol. The minimum absolute atomic E-state index is 0.0633. The van der Waals surface area contributed by atoms with Crippen molar-refractivity contribution in [3.05, 3.63) is 0 Å². The van der Waals surface area contributed by atoms with Crippen LogP contribution in [0.3, 0.4) is 0 Å². The third kappa shape index (κ3) is 5.25. The Balaban J connectivity index is 2.38. The summed E-state index contributed by atoms with van der Waals surface area (Å²) in [6.45, 7) is 6.61. The average molecular weight is 315 g/mol. The van der Waals surface area contributed by atoms with Gasteiger partial charge in [0.2, 0.25) is 5.91 Å². The van der Waals surface area contributed by atoms with Gasteiger partial charge < -0.3 is 19.9 Å². The van der Waals surface area contributed by atoms with E-state index in [4.69, 9.17) is 9.47 Å². The molecule has 2 unspecified atom stereocenters. The van der Waals surface area contributed by atoms with Gasteiger partial charge in [0.25, 0.3) is 0 Å². The highest BCUT2D eigenvalue weighted by Crippen LogP contribution is 2.25. The molecule has 1 rings (SSSR count). The molecule has 0 bridgehead atoms. The summed E-state index contributed by atoms with van der Waals surface area (Å²) in [7, 11) is 0. The number of hydrogen-bond acceptors (Lipinski definition) is 4. The Morgan fingerprint density at radius 1 is 1.36 bits per heavy atom. The number of ether oxygens (including phenoxy) is 2. The lowest BCUT2D eigenvalue weighted by Crippen LogP contribution is -2.45. The molecule has 0 spiro atoms. The molecule has 0 aromatic heterocycles. The Morgan fingerprint density at radius 2 is 2.05 bits per heavy atom. The Kier molecular flexibility index (Phi) is 7.82. The van der Waals surface area contributed by atoms with Crippen molar-refractivity contribution in [2.24, 2.45) is 5.41 Å². The lowest BCUT2D eigenvalue weighted by atomic mass is 9.82. The van der Waals surface area contributed by atoms with Gasteiger partial charge in [-0.2, -0.15) is 0 Å². The maximum Gasteiger partial charge on any atom is 0.311 e. The summed E-state index contributed by atoms with van der Waals surface area (Å²) in [6.07, 6.45) is 3.58. The quantitative estimate of drug-likeness (QED) is 0.679. The van der Waals surface area contributed by atoms with Gasteiger partial charge in [-0.05, 0) is 39.0 Å². The van der Waals surface area contributed by atoms with E-state index in [2.05, 4.69) is 5.32 Å². The van der Waals surface area contributed by atoms with Crippen LogP contribution in [0.4, 0.5) is 0 Å². The van der Waals surface area contributed by atoms with Crippen LogP contribution in [-0.2, 0) is 19.1 Å². The van der Waals surface area contributed by atoms with E-state index in [0.29, 0.717) is 19.4 Å². The summed E-state index contributed by atoms with van der Waals surface area (Å²) < 4.78 is 11.1. The van der Waals surface area contributed by atoms with Crippen molar-refractivity contribution in [1.82, 2.24) is 5.32 Å². The molecule has 1 aliphatic heterocycles. The van der Waals surface area contributed by atoms with Gasteiger partial charge >= 0.3 is 5.97 Å². The normalized spacial score (nSPS) is 20.4. The van der Waals surface area contributed by atoms with Crippen LogP contribution in [0.15, 0.2) is 0 Å². The maximum atomic E-state index is 12.0. The van der Waals surface area contributed by atoms with Gasteiger partial charge in [0, 0.05) is 13.2 Å². The lowest BCUT2D eigenvalue weighted by Gasteiger charge is -2.28. The molecule has 0 aromatic carbocycles. The summed E-state index contributed by atoms with van der Waals surface area (Å²) in [6, 6.07) is 0. The molecule has 2 atom stereocenters. The number of hydrogen-bond donors (Lipinski definition) is 2. The smallest absolute Gasteiger partial charge is 0.311 e. The van der Waals surface area contributed by atoms with Crippen LogP contribution >= 0.6 is 0 Å². The van der Waals surface area contributed by atoms with Gasteiger partial charge in [0.15, 0.2) is 0 Å². The molecular formula is C16H29NO5. The summed E-state index contributed by atoms with van der Waals surface area (Å²) >= 11 is 0. The Hall–Kier alpha value is -1.14. The molecule has 1 fully saturated rings. The van der Waals surface area contributed by atoms with Crippen LogP contribution < -0.4 is 5.32 Å². The molecule has 1 saturated heterocycles. The van der Waals surface area contributed by atoms with Crippen LogP contribution in [0.1, 0.15) is 52.9 Å². The summed E-state index contributed by atoms with van der Waals surface area (Å²) in [5, 5.41) is 12.1. The number of rotatable bonds is 9. The van der Waals surface area contributed by atoms with Gasteiger partial charge in [-0.1, -0.05) is 13.8 Å². The molecule has 0 aromatic rings. The van der Waals surface area contributed by atoms with E-state index >= 15 is 0 Å². The fourth-order valence-corrected chi connectivity index (χ4v) is 2.54. The van der Waals surface area contributed by atoms with Gasteiger partial charge in [-0.15, -0.1) is 0 Å². The van der Waals surface area contributed by atoms with Crippen LogP contribution in [-0.4, -0.2) is 48.9 Å². The SMILES string of the molecule is CCC(CC)(CNC(=O)C(C)OCC1CCCCO1)C(=O)O. The van der Waals surface area contributed by atoms with Crippen LogP contribution in [0.25, 0.3) is 0 Å². The molecule has 128 valence electrons. The van der Waals surface area contributed by atoms with E-state index < -0.39 is 17.5 Å². The minimum atomic E-state index is -0.901. The summed E-state index contributed by atoms with van der Waals surface area (Å²) in [5.74, 6) is -1.15. The van der Waals surface area contributed by atoms with E-state index in [1.807, 2.05) is 13.8 Å². The first-order valence-electron chi connectivity index (χ1n) is 8.19. The second-order valence-electron chi connectivity index (χ2n) is 5.97. The fraction of sp³-hybridized carbons (Fsp3) is 0.875. The molecule has 22 heavy (non-hydrogen) atoms. The number of carboxylic acids is 1. The van der Waals surface area contributed by atoms with Gasteiger partial charge in [0.1, 0.15) is 6.10 Å². The zero-order valence-corrected chi connectivity index (χ0v) is 13.9. The van der Waals surface area contributed by atoms with Crippen molar-refractivity contribution in [1.29, 1.82) is 0 Å². The highest BCUT2D eigenvalue weighted by molar-refractivity contribution is 5.82. The van der Waals surface area contributed by atoms with E-state index in [-0.39, 0.29) is 18.6 Å². The molecule has 1 amide bonds. The van der Waals surface area contributed by atoms with Crippen molar-refractivity contribution in [3.8, 4) is 0 Å². The van der Waals surface area contributed by atoms with Gasteiger partial charge in [-0.25, -0.2) is 0 Å². The predicted molar refractivity (Wildman–Crippen MR) is 82.7 cm³/mol. The van der Waals surface area contributed by atoms with Gasteiger partial charge in [0.05, 0.1) is 18.1 Å². The molecule has 0 aliphatic carbocycles. The molecule has 0 saturated carbocycles. The van der Waals surface area contributed by atoms with E-state index in [0.717, 1.165) is 25.9 Å². The fourth-order valence-electron chi connectivity index (χ4n) is 2.54. The second kappa shape index (κ2) is 9.10. The maximum absolute atomic E-state index is 12.0. The third-order valence-electron chi connectivity index (χ3n) is 4.58. The first-order chi connectivity index (χ1) is 10.4. The van der Waals surface area contributed by atoms with Crippen LogP contribution in [0.5, 0.6) is 0 Å². The number of carboxylic acid groups (broad SMARTS) is 1. The molecule has 6 heteroatoms. The third-order valence-corrected chi connectivity index (χ3v) is 4.58. The summed E-state index contributed by atoms with van der Waals surface area (Å²) in [4.78, 5) is 23.4. The highest BCUT2D eigenvalue weighted by atomic mass is 16.5. The van der Waals surface area contributed by atoms with E-state index in [1.54, 1.807) is 6.92 Å². The minimum Gasteiger partial charge on any atom is -0.481 e. The topological polar surface area (TPSA) is 84.9 Å². The van der Waals surface area contributed by atoms with Gasteiger partial charge in [-0.3, -0.25) is 9.59 Å². The van der Waals surface area contributed by atoms with E-state index in [9.17, 15) is 14.7 Å². The van der Waals surface area contributed by atoms with Crippen molar-refractivity contribution < 1.29 is 24.2 Å². The van der Waals surface area contributed by atoms with E-state index in [1.165, 1.54) is 0 Å². The predicted octanol–water partition coefficient (Wildman–Crippen LogP) is 1.97. The number of aliphatic carboxylic acids is 1. The van der Waals surface area contributed by atoms with Crippen LogP contribution in [0, 0.1) is 5.41 Å². The summed E-state index contributed by atoms with van der Waals surface area (Å²) in [5.41, 5.74) is -0.901. The van der Waals surface area contributed by atoms with Crippen molar-refractivity contribution in [2.45, 2.75) is 65.1 Å². The molecular weight excluding hydrogens is 286 g/mol. The molecule has 2 N–H and O–H groups in total. The zero-order chi connectivity index (χ0) is 16.6. The molecule has 0 radical (unpaired) electrons. The molecule has 1 aliphatic rings. The molecule has 1 heterocycles. The van der Waals surface area contributed by atoms with Crippen molar-refractivity contribution >= 4 is 11.9 Å². The highest BCUT2D eigenvalue weighted by Gasteiger charge is 2.35. The number of carbonyl (C=O) groups excluding carboxylic acids is 1. The first kappa shape index (κ1) is 18.9. The number of amides is 1. The zero-order valence-electron chi connectivity index (χ0n) is 13.9. The Bertz CT molecular complexity index is 362. The molecule has 6 nitrogen and oxygen atoms in total. The standard InChI is InChI=1S/C16H29NO5/c1-4-16(5-2,15(19)20)11-17-14(18)12(3)22-10-13-8-6-7-9-21-13/h12-13H,4-11H2,1-3H3,(H,17,18)(H,19,20). The number of nitrogens with one attached hydrogen (secondary N) is 1. The average Bonchev–Trinajstić information content (AvgIpc) is 2.54. The Morgan fingerprint density at radius 3 is 2.55 bits per heavy atom. The first-order valence-corrected chi connectivity index (χ1v) is 8.19. The number of carbonyl (C=O) groups is 2. The van der Waals surface area contributed by atoms with Crippen molar-refractivity contribution in [3.63, 3.8) is 0 Å². The Labute approximate surface area is 132 Å². The second-order valence-corrected chi connectivity index (χ2v) is 5.97. The lowest BCUT2D eigenvalue weighted by molar-refractivity contribution is -0.150.